The summed E-state index contributed by atoms with van der Waals surface area (Å²) in [4.78, 5) is 14.0. The van der Waals surface area contributed by atoms with E-state index in [2.05, 4.69) is 55.7 Å². The molecule has 0 fully saturated rings. The Labute approximate surface area is 206 Å². The predicted octanol–water partition coefficient (Wildman–Crippen LogP) is 7.46. The molecular formula is C27H32N2O2S2. The lowest BCUT2D eigenvalue weighted by Gasteiger charge is -2.20. The Kier molecular flexibility index (Phi) is 8.64. The molecule has 33 heavy (non-hydrogen) atoms. The molecular weight excluding hydrogens is 448 g/mol. The molecule has 0 radical (unpaired) electrons. The molecule has 0 aliphatic rings. The van der Waals surface area contributed by atoms with Gasteiger partial charge in [-0.05, 0) is 55.1 Å². The number of carbonyl (C=O) groups is 1. The van der Waals surface area contributed by atoms with E-state index in [1.54, 1.807) is 0 Å². The summed E-state index contributed by atoms with van der Waals surface area (Å²) >= 11 is 7.17. The van der Waals surface area contributed by atoms with Crippen LogP contribution in [0.3, 0.4) is 0 Å². The summed E-state index contributed by atoms with van der Waals surface area (Å²) < 4.78 is 5.39. The number of rotatable bonds is 8. The average Bonchev–Trinajstić information content (AvgIpc) is 3.13. The van der Waals surface area contributed by atoms with Gasteiger partial charge in [-0.1, -0.05) is 75.4 Å². The Morgan fingerprint density at radius 1 is 1.03 bits per heavy atom. The van der Waals surface area contributed by atoms with Crippen LogP contribution in [0.1, 0.15) is 72.4 Å². The second kappa shape index (κ2) is 11.4. The van der Waals surface area contributed by atoms with Gasteiger partial charge in [0.15, 0.2) is 5.11 Å². The smallest absolute Gasteiger partial charge is 0.341 e. The minimum atomic E-state index is -0.345. The molecule has 6 heteroatoms. The largest absolute Gasteiger partial charge is 0.462 e. The van der Waals surface area contributed by atoms with Crippen molar-refractivity contribution >= 4 is 39.6 Å². The van der Waals surface area contributed by atoms with Gasteiger partial charge in [-0.2, -0.15) is 0 Å². The molecule has 3 aromatic rings. The van der Waals surface area contributed by atoms with Crippen LogP contribution in [0.15, 0.2) is 54.6 Å². The van der Waals surface area contributed by atoms with E-state index in [0.717, 1.165) is 22.4 Å². The second-order valence-electron chi connectivity index (χ2n) is 8.20. The Morgan fingerprint density at radius 3 is 2.24 bits per heavy atom. The summed E-state index contributed by atoms with van der Waals surface area (Å²) in [5.74, 6) is 0.152. The standard InChI is InChI=1S/C27H32N2O2S2/c1-6-22(20-15-13-19(14-16-20)17(3)4)28-27(32)29-25-24(26(30)31-7-2)23(18(5)33-25)21-11-9-8-10-12-21/h8-17,22H,6-7H2,1-5H3,(H2,28,29,32). The van der Waals surface area contributed by atoms with Crippen molar-refractivity contribution in [1.29, 1.82) is 0 Å². The number of hydrogen-bond donors (Lipinski definition) is 2. The van der Waals surface area contributed by atoms with Gasteiger partial charge in [0, 0.05) is 10.4 Å². The maximum Gasteiger partial charge on any atom is 0.341 e. The molecule has 0 amide bonds. The fourth-order valence-electron chi connectivity index (χ4n) is 3.81. The second-order valence-corrected chi connectivity index (χ2v) is 9.84. The van der Waals surface area contributed by atoms with Gasteiger partial charge in [-0.3, -0.25) is 0 Å². The van der Waals surface area contributed by atoms with Crippen LogP contribution in [0.5, 0.6) is 0 Å². The summed E-state index contributed by atoms with van der Waals surface area (Å²) in [6.45, 7) is 10.7. The Balaban J connectivity index is 1.85. The molecule has 174 valence electrons. The van der Waals surface area contributed by atoms with Gasteiger partial charge in [0.05, 0.1) is 12.6 Å². The van der Waals surface area contributed by atoms with Crippen molar-refractivity contribution < 1.29 is 9.53 Å². The number of aryl methyl sites for hydroxylation is 1. The van der Waals surface area contributed by atoms with Gasteiger partial charge in [-0.25, -0.2) is 4.79 Å². The summed E-state index contributed by atoms with van der Waals surface area (Å²) in [5.41, 5.74) is 4.91. The number of benzene rings is 2. The maximum absolute atomic E-state index is 12.9. The molecule has 1 unspecified atom stereocenters. The molecule has 2 aromatic carbocycles. The van der Waals surface area contributed by atoms with Crippen molar-refractivity contribution in [3.05, 3.63) is 76.2 Å². The van der Waals surface area contributed by atoms with E-state index >= 15 is 0 Å². The lowest BCUT2D eigenvalue weighted by atomic mass is 9.98. The maximum atomic E-state index is 12.9. The topological polar surface area (TPSA) is 50.4 Å². The molecule has 0 aliphatic heterocycles. The zero-order chi connectivity index (χ0) is 24.0. The van der Waals surface area contributed by atoms with Crippen molar-refractivity contribution in [3.63, 3.8) is 0 Å². The van der Waals surface area contributed by atoms with Gasteiger partial charge >= 0.3 is 5.97 Å². The summed E-state index contributed by atoms with van der Waals surface area (Å²) in [7, 11) is 0. The molecule has 0 aliphatic carbocycles. The van der Waals surface area contributed by atoms with Crippen LogP contribution < -0.4 is 10.6 Å². The van der Waals surface area contributed by atoms with E-state index in [1.165, 1.54) is 22.5 Å². The first kappa shape index (κ1) is 24.9. The molecule has 1 atom stereocenters. The first-order chi connectivity index (χ1) is 15.8. The monoisotopic (exact) mass is 480 g/mol. The number of ether oxygens (including phenoxy) is 1. The van der Waals surface area contributed by atoms with Crippen molar-refractivity contribution in [1.82, 2.24) is 5.32 Å². The molecule has 0 saturated heterocycles. The molecule has 0 spiro atoms. The van der Waals surface area contributed by atoms with Gasteiger partial charge in [0.1, 0.15) is 10.6 Å². The van der Waals surface area contributed by atoms with Crippen molar-refractivity contribution in [3.8, 4) is 11.1 Å². The van der Waals surface area contributed by atoms with Crippen molar-refractivity contribution in [2.45, 2.75) is 53.0 Å². The molecule has 4 nitrogen and oxygen atoms in total. The number of thiocarbonyl (C=S) groups is 1. The normalized spacial score (nSPS) is 11.8. The molecule has 3 rings (SSSR count). The lowest BCUT2D eigenvalue weighted by Crippen LogP contribution is -2.32. The summed E-state index contributed by atoms with van der Waals surface area (Å²) in [5, 5.41) is 7.89. The SMILES string of the molecule is CCOC(=O)c1c(NC(=S)NC(CC)c2ccc(C(C)C)cc2)sc(C)c1-c1ccccc1. The van der Waals surface area contributed by atoms with Crippen molar-refractivity contribution in [2.75, 3.05) is 11.9 Å². The minimum Gasteiger partial charge on any atom is -0.462 e. The van der Waals surface area contributed by atoms with Crippen LogP contribution >= 0.6 is 23.6 Å². The fraction of sp³-hybridized carbons (Fsp3) is 0.333. The van der Waals surface area contributed by atoms with Crippen LogP contribution in [0.4, 0.5) is 5.00 Å². The van der Waals surface area contributed by atoms with Crippen LogP contribution in [-0.2, 0) is 4.74 Å². The first-order valence-electron chi connectivity index (χ1n) is 11.4. The van der Waals surface area contributed by atoms with Crippen molar-refractivity contribution in [2.24, 2.45) is 0 Å². The Bertz CT molecular complexity index is 1090. The Hall–Kier alpha value is -2.70. The van der Waals surface area contributed by atoms with E-state index in [4.69, 9.17) is 17.0 Å². The highest BCUT2D eigenvalue weighted by atomic mass is 32.1. The van der Waals surface area contributed by atoms with E-state index in [9.17, 15) is 4.79 Å². The minimum absolute atomic E-state index is 0.0758. The van der Waals surface area contributed by atoms with E-state index in [-0.39, 0.29) is 12.0 Å². The summed E-state index contributed by atoms with van der Waals surface area (Å²) in [6.07, 6.45) is 0.881. The summed E-state index contributed by atoms with van der Waals surface area (Å²) in [6, 6.07) is 18.7. The zero-order valence-corrected chi connectivity index (χ0v) is 21.5. The average molecular weight is 481 g/mol. The third kappa shape index (κ3) is 6.01. The third-order valence-electron chi connectivity index (χ3n) is 5.57. The molecule has 1 heterocycles. The number of carbonyl (C=O) groups excluding carboxylic acids is 1. The first-order valence-corrected chi connectivity index (χ1v) is 12.6. The lowest BCUT2D eigenvalue weighted by molar-refractivity contribution is 0.0529. The van der Waals surface area contributed by atoms with Gasteiger partial charge < -0.3 is 15.4 Å². The van der Waals surface area contributed by atoms with Crippen LogP contribution in [0.25, 0.3) is 11.1 Å². The molecule has 0 bridgehead atoms. The number of thiophene rings is 1. The zero-order valence-electron chi connectivity index (χ0n) is 19.9. The van der Waals surface area contributed by atoms with Crippen LogP contribution in [0, 0.1) is 6.92 Å². The van der Waals surface area contributed by atoms with Gasteiger partial charge in [0.25, 0.3) is 0 Å². The molecule has 0 saturated carbocycles. The van der Waals surface area contributed by atoms with E-state index in [1.807, 2.05) is 44.2 Å². The highest BCUT2D eigenvalue weighted by Crippen LogP contribution is 2.40. The molecule has 2 N–H and O–H groups in total. The Morgan fingerprint density at radius 2 is 1.67 bits per heavy atom. The fourth-order valence-corrected chi connectivity index (χ4v) is 5.19. The number of hydrogen-bond acceptors (Lipinski definition) is 4. The predicted molar refractivity (Wildman–Crippen MR) is 143 cm³/mol. The van der Waals surface area contributed by atoms with E-state index in [0.29, 0.717) is 28.2 Å². The quantitative estimate of drug-likeness (QED) is 0.259. The highest BCUT2D eigenvalue weighted by molar-refractivity contribution is 7.80. The third-order valence-corrected chi connectivity index (χ3v) is 6.81. The number of nitrogens with one attached hydrogen (secondary N) is 2. The van der Waals surface area contributed by atoms with Gasteiger partial charge in [-0.15, -0.1) is 11.3 Å². The number of esters is 1. The van der Waals surface area contributed by atoms with Gasteiger partial charge in [0.2, 0.25) is 0 Å². The highest BCUT2D eigenvalue weighted by Gasteiger charge is 2.25. The van der Waals surface area contributed by atoms with E-state index < -0.39 is 0 Å². The molecule has 1 aromatic heterocycles. The van der Waals surface area contributed by atoms with Crippen LogP contribution in [0.2, 0.25) is 0 Å². The number of anilines is 1. The van der Waals surface area contributed by atoms with Crippen LogP contribution in [-0.4, -0.2) is 17.7 Å².